The largest absolute Gasteiger partial charge is 0.484 e. The summed E-state index contributed by atoms with van der Waals surface area (Å²) in [6.07, 6.45) is 2.09. The second kappa shape index (κ2) is 11.0. The van der Waals surface area contributed by atoms with Crippen LogP contribution < -0.4 is 10.1 Å². The van der Waals surface area contributed by atoms with Crippen LogP contribution in [0.1, 0.15) is 47.3 Å². The lowest BCUT2D eigenvalue weighted by molar-refractivity contribution is -0.118. The highest BCUT2D eigenvalue weighted by molar-refractivity contribution is 7.15. The Kier molecular flexibility index (Phi) is 8.06. The average molecular weight is 452 g/mol. The molecule has 168 valence electrons. The van der Waals surface area contributed by atoms with Crippen molar-refractivity contribution in [1.82, 2.24) is 0 Å². The van der Waals surface area contributed by atoms with Gasteiger partial charge in [-0.25, -0.2) is 4.79 Å². The van der Waals surface area contributed by atoms with Gasteiger partial charge in [0.2, 0.25) is 0 Å². The van der Waals surface area contributed by atoms with Gasteiger partial charge in [-0.1, -0.05) is 49.2 Å². The number of aryl methyl sites for hydroxylation is 3. The number of amides is 1. The fourth-order valence-corrected chi connectivity index (χ4v) is 4.49. The van der Waals surface area contributed by atoms with Crippen LogP contribution >= 0.6 is 11.3 Å². The van der Waals surface area contributed by atoms with Gasteiger partial charge in [0.05, 0.1) is 6.61 Å². The average Bonchev–Trinajstić information content (AvgIpc) is 3.17. The van der Waals surface area contributed by atoms with Gasteiger partial charge in [-0.3, -0.25) is 4.79 Å². The number of anilines is 1. The third-order valence-electron chi connectivity index (χ3n) is 5.03. The first-order valence-electron chi connectivity index (χ1n) is 10.8. The molecule has 2 aromatic carbocycles. The maximum atomic E-state index is 12.7. The third kappa shape index (κ3) is 5.77. The molecule has 0 saturated carbocycles. The maximum absolute atomic E-state index is 12.7. The molecule has 0 unspecified atom stereocenters. The number of ether oxygens (including phenoxy) is 2. The van der Waals surface area contributed by atoms with Crippen molar-refractivity contribution < 1.29 is 19.1 Å². The number of esters is 1. The number of carbonyl (C=O) groups excluding carboxylic acids is 2. The standard InChI is InChI=1S/C26H29NO4S/c1-5-7-19-9-11-20(12-10-19)31-15-23(28)27-25-24(26(29)30-6-2)22(16-32-25)21-13-8-17(3)14-18(21)4/h8-14,16H,5-7,15H2,1-4H3,(H,27,28). The number of rotatable bonds is 9. The number of hydrogen-bond acceptors (Lipinski definition) is 5. The molecule has 0 aliphatic carbocycles. The van der Waals surface area contributed by atoms with E-state index in [1.165, 1.54) is 16.9 Å². The maximum Gasteiger partial charge on any atom is 0.341 e. The van der Waals surface area contributed by atoms with E-state index in [2.05, 4.69) is 18.3 Å². The molecule has 0 spiro atoms. The summed E-state index contributed by atoms with van der Waals surface area (Å²) in [5.41, 5.74) is 5.52. The Morgan fingerprint density at radius 2 is 1.75 bits per heavy atom. The molecule has 0 saturated heterocycles. The Morgan fingerprint density at radius 3 is 2.41 bits per heavy atom. The summed E-state index contributed by atoms with van der Waals surface area (Å²) in [6, 6.07) is 13.8. The minimum absolute atomic E-state index is 0.147. The lowest BCUT2D eigenvalue weighted by Gasteiger charge is -2.11. The quantitative estimate of drug-likeness (QED) is 0.395. The summed E-state index contributed by atoms with van der Waals surface area (Å²) in [5.74, 6) is -0.151. The summed E-state index contributed by atoms with van der Waals surface area (Å²) >= 11 is 1.31. The number of hydrogen-bond donors (Lipinski definition) is 1. The van der Waals surface area contributed by atoms with Crippen molar-refractivity contribution in [3.63, 3.8) is 0 Å². The molecule has 1 amide bonds. The van der Waals surface area contributed by atoms with Crippen LogP contribution in [0.4, 0.5) is 5.00 Å². The fourth-order valence-electron chi connectivity index (χ4n) is 3.52. The highest BCUT2D eigenvalue weighted by Gasteiger charge is 2.23. The molecule has 3 aromatic rings. The van der Waals surface area contributed by atoms with E-state index in [0.29, 0.717) is 16.3 Å². The first-order valence-corrected chi connectivity index (χ1v) is 11.7. The van der Waals surface area contributed by atoms with E-state index in [0.717, 1.165) is 35.1 Å². The third-order valence-corrected chi connectivity index (χ3v) is 5.92. The summed E-state index contributed by atoms with van der Waals surface area (Å²) in [6.45, 7) is 8.04. The van der Waals surface area contributed by atoms with Crippen LogP contribution in [-0.4, -0.2) is 25.1 Å². The van der Waals surface area contributed by atoms with Crippen molar-refractivity contribution in [2.45, 2.75) is 40.5 Å². The summed E-state index contributed by atoms with van der Waals surface area (Å²) in [4.78, 5) is 25.3. The van der Waals surface area contributed by atoms with Gasteiger partial charge in [0.1, 0.15) is 16.3 Å². The van der Waals surface area contributed by atoms with Crippen LogP contribution in [-0.2, 0) is 16.0 Å². The van der Waals surface area contributed by atoms with Crippen LogP contribution in [0.5, 0.6) is 5.75 Å². The van der Waals surface area contributed by atoms with Gasteiger partial charge in [-0.15, -0.1) is 11.3 Å². The lowest BCUT2D eigenvalue weighted by Crippen LogP contribution is -2.21. The summed E-state index contributed by atoms with van der Waals surface area (Å²) < 4.78 is 10.9. The second-order valence-electron chi connectivity index (χ2n) is 7.62. The van der Waals surface area contributed by atoms with Crippen molar-refractivity contribution in [3.05, 3.63) is 70.1 Å². The van der Waals surface area contributed by atoms with Gasteiger partial charge in [0.15, 0.2) is 6.61 Å². The van der Waals surface area contributed by atoms with E-state index < -0.39 is 5.97 Å². The zero-order valence-corrected chi connectivity index (χ0v) is 19.8. The number of thiophene rings is 1. The van der Waals surface area contributed by atoms with Crippen LogP contribution in [0, 0.1) is 13.8 Å². The number of carbonyl (C=O) groups is 2. The molecule has 1 heterocycles. The Hall–Kier alpha value is -3.12. The number of nitrogens with one attached hydrogen (secondary N) is 1. The fraction of sp³-hybridized carbons (Fsp3) is 0.308. The first-order chi connectivity index (χ1) is 15.4. The Labute approximate surface area is 193 Å². The Morgan fingerprint density at radius 1 is 1.00 bits per heavy atom. The molecule has 1 N–H and O–H groups in total. The van der Waals surface area contributed by atoms with E-state index in [-0.39, 0.29) is 19.1 Å². The molecular formula is C26H29NO4S. The molecular weight excluding hydrogens is 422 g/mol. The van der Waals surface area contributed by atoms with E-state index in [9.17, 15) is 9.59 Å². The van der Waals surface area contributed by atoms with Gasteiger partial charge in [0.25, 0.3) is 5.91 Å². The molecule has 0 aliphatic heterocycles. The Bertz CT molecular complexity index is 1090. The van der Waals surface area contributed by atoms with Gasteiger partial charge in [-0.05, 0) is 56.0 Å². The molecule has 6 heteroatoms. The second-order valence-corrected chi connectivity index (χ2v) is 8.50. The van der Waals surface area contributed by atoms with Crippen LogP contribution in [0.25, 0.3) is 11.1 Å². The summed E-state index contributed by atoms with van der Waals surface area (Å²) in [5, 5.41) is 5.17. The highest BCUT2D eigenvalue weighted by atomic mass is 32.1. The predicted molar refractivity (Wildman–Crippen MR) is 130 cm³/mol. The van der Waals surface area contributed by atoms with E-state index in [1.54, 1.807) is 6.92 Å². The topological polar surface area (TPSA) is 64.6 Å². The number of benzene rings is 2. The molecule has 0 radical (unpaired) electrons. The van der Waals surface area contributed by atoms with Crippen LogP contribution in [0.2, 0.25) is 0 Å². The molecule has 0 atom stereocenters. The zero-order chi connectivity index (χ0) is 23.1. The van der Waals surface area contributed by atoms with Crippen LogP contribution in [0.15, 0.2) is 47.8 Å². The van der Waals surface area contributed by atoms with Crippen molar-refractivity contribution in [2.75, 3.05) is 18.5 Å². The van der Waals surface area contributed by atoms with Gasteiger partial charge in [-0.2, -0.15) is 0 Å². The molecule has 0 aliphatic rings. The predicted octanol–water partition coefficient (Wildman–Crippen LogP) is 6.18. The van der Waals surface area contributed by atoms with Crippen molar-refractivity contribution in [3.8, 4) is 16.9 Å². The van der Waals surface area contributed by atoms with E-state index in [4.69, 9.17) is 9.47 Å². The van der Waals surface area contributed by atoms with Crippen LogP contribution in [0.3, 0.4) is 0 Å². The first kappa shape index (κ1) is 23.5. The highest BCUT2D eigenvalue weighted by Crippen LogP contribution is 2.37. The molecule has 0 bridgehead atoms. The zero-order valence-electron chi connectivity index (χ0n) is 19.0. The lowest BCUT2D eigenvalue weighted by atomic mass is 9.97. The van der Waals surface area contributed by atoms with E-state index >= 15 is 0 Å². The van der Waals surface area contributed by atoms with Gasteiger partial charge >= 0.3 is 5.97 Å². The SMILES string of the molecule is CCCc1ccc(OCC(=O)Nc2scc(-c3ccc(C)cc3C)c2C(=O)OCC)cc1. The molecule has 32 heavy (non-hydrogen) atoms. The Balaban J connectivity index is 1.77. The van der Waals surface area contributed by atoms with Crippen molar-refractivity contribution in [1.29, 1.82) is 0 Å². The molecule has 0 fully saturated rings. The minimum Gasteiger partial charge on any atom is -0.484 e. The van der Waals surface area contributed by atoms with Gasteiger partial charge < -0.3 is 14.8 Å². The molecule has 1 aromatic heterocycles. The van der Waals surface area contributed by atoms with Gasteiger partial charge in [0, 0.05) is 10.9 Å². The molecule has 5 nitrogen and oxygen atoms in total. The normalized spacial score (nSPS) is 10.6. The summed E-state index contributed by atoms with van der Waals surface area (Å²) in [7, 11) is 0. The van der Waals surface area contributed by atoms with Crippen molar-refractivity contribution >= 4 is 28.2 Å². The van der Waals surface area contributed by atoms with Crippen molar-refractivity contribution in [2.24, 2.45) is 0 Å². The minimum atomic E-state index is -0.452. The molecule has 3 rings (SSSR count). The van der Waals surface area contributed by atoms with E-state index in [1.807, 2.05) is 55.6 Å². The smallest absolute Gasteiger partial charge is 0.341 e. The monoisotopic (exact) mass is 451 g/mol.